The monoisotopic (exact) mass is 426 g/mol. The molecular formula is C21H19FN4O5. The zero-order valence-corrected chi connectivity index (χ0v) is 16.8. The van der Waals surface area contributed by atoms with Gasteiger partial charge in [-0.05, 0) is 36.8 Å². The van der Waals surface area contributed by atoms with Gasteiger partial charge in [0.15, 0.2) is 0 Å². The number of carbonyl (C=O) groups excluding carboxylic acids is 3. The fourth-order valence-electron chi connectivity index (χ4n) is 3.67. The number of fused-ring (bicyclic) bond motifs is 2. The maximum atomic E-state index is 13.6. The van der Waals surface area contributed by atoms with Crippen molar-refractivity contribution in [1.82, 2.24) is 20.5 Å². The van der Waals surface area contributed by atoms with Crippen LogP contribution in [0.3, 0.4) is 0 Å². The van der Waals surface area contributed by atoms with E-state index in [1.54, 1.807) is 30.0 Å². The summed E-state index contributed by atoms with van der Waals surface area (Å²) >= 11 is 0. The average molecular weight is 426 g/mol. The minimum Gasteiger partial charge on any atom is -0.497 e. The van der Waals surface area contributed by atoms with Gasteiger partial charge in [0.2, 0.25) is 12.1 Å². The Morgan fingerprint density at radius 3 is 2.94 bits per heavy atom. The van der Waals surface area contributed by atoms with Crippen molar-refractivity contribution in [3.8, 4) is 5.75 Å². The standard InChI is InChI=1S/C21H19FN4O5/c1-21(25-20(29)24-11-27,17-6-13-5-14(22)8-23-18(13)31-17)10-26-9-12-3-4-15(30-2)7-16(12)19(26)28/h3-8,11H,9-10H2,1-2H3,(H2,24,25,27,29)/t21-/m0/s1. The van der Waals surface area contributed by atoms with Gasteiger partial charge in [0.25, 0.3) is 5.91 Å². The van der Waals surface area contributed by atoms with Crippen LogP contribution in [0.25, 0.3) is 11.1 Å². The van der Waals surface area contributed by atoms with Gasteiger partial charge in [0.1, 0.15) is 22.9 Å². The number of nitrogens with one attached hydrogen (secondary N) is 2. The molecule has 0 fully saturated rings. The van der Waals surface area contributed by atoms with Crippen LogP contribution in [0.4, 0.5) is 9.18 Å². The number of urea groups is 1. The number of ether oxygens (including phenoxy) is 1. The number of aromatic nitrogens is 1. The van der Waals surface area contributed by atoms with Crippen molar-refractivity contribution in [3.63, 3.8) is 0 Å². The van der Waals surface area contributed by atoms with Gasteiger partial charge in [0, 0.05) is 17.5 Å². The molecule has 2 N–H and O–H groups in total. The zero-order valence-electron chi connectivity index (χ0n) is 16.8. The first-order valence-electron chi connectivity index (χ1n) is 9.37. The van der Waals surface area contributed by atoms with Gasteiger partial charge in [-0.15, -0.1) is 0 Å². The van der Waals surface area contributed by atoms with E-state index in [4.69, 9.17) is 9.15 Å². The van der Waals surface area contributed by atoms with Gasteiger partial charge >= 0.3 is 6.03 Å². The summed E-state index contributed by atoms with van der Waals surface area (Å²) in [4.78, 5) is 41.3. The third kappa shape index (κ3) is 3.79. The number of hydrogen-bond acceptors (Lipinski definition) is 6. The van der Waals surface area contributed by atoms with Gasteiger partial charge in [0.05, 0.1) is 19.9 Å². The number of pyridine rings is 1. The normalized spacial score (nSPS) is 14.8. The molecule has 3 heterocycles. The molecule has 0 spiro atoms. The second-order valence-corrected chi connectivity index (χ2v) is 7.39. The van der Waals surface area contributed by atoms with Crippen LogP contribution in [0.5, 0.6) is 5.75 Å². The predicted octanol–water partition coefficient (Wildman–Crippen LogP) is 2.30. The second kappa shape index (κ2) is 7.71. The summed E-state index contributed by atoms with van der Waals surface area (Å²) in [6.07, 6.45) is 1.27. The number of amides is 4. The van der Waals surface area contributed by atoms with E-state index in [1.807, 2.05) is 11.4 Å². The van der Waals surface area contributed by atoms with Crippen molar-refractivity contribution < 1.29 is 27.9 Å². The van der Waals surface area contributed by atoms with Crippen molar-refractivity contribution in [3.05, 3.63) is 59.2 Å². The van der Waals surface area contributed by atoms with E-state index in [0.29, 0.717) is 23.2 Å². The third-order valence-corrected chi connectivity index (χ3v) is 5.16. The molecule has 0 unspecified atom stereocenters. The molecule has 2 aromatic heterocycles. The summed E-state index contributed by atoms with van der Waals surface area (Å²) in [5.41, 5.74) is 0.263. The lowest BCUT2D eigenvalue weighted by molar-refractivity contribution is -0.108. The Labute approximate surface area is 176 Å². The highest BCUT2D eigenvalue weighted by Gasteiger charge is 2.39. The van der Waals surface area contributed by atoms with E-state index in [1.165, 1.54) is 13.2 Å². The molecule has 31 heavy (non-hydrogen) atoms. The predicted molar refractivity (Wildman–Crippen MR) is 107 cm³/mol. The maximum Gasteiger partial charge on any atom is 0.322 e. The van der Waals surface area contributed by atoms with E-state index in [0.717, 1.165) is 11.8 Å². The van der Waals surface area contributed by atoms with Crippen molar-refractivity contribution in [2.75, 3.05) is 13.7 Å². The average Bonchev–Trinajstić information content (AvgIpc) is 3.29. The van der Waals surface area contributed by atoms with Crippen LogP contribution in [0.1, 0.15) is 28.6 Å². The van der Waals surface area contributed by atoms with Crippen LogP contribution in [-0.4, -0.2) is 41.9 Å². The first-order valence-corrected chi connectivity index (χ1v) is 9.37. The molecule has 10 heteroatoms. The van der Waals surface area contributed by atoms with Gasteiger partial charge < -0.3 is 19.4 Å². The Bertz CT molecular complexity index is 1190. The third-order valence-electron chi connectivity index (χ3n) is 5.16. The number of benzene rings is 1. The second-order valence-electron chi connectivity index (χ2n) is 7.39. The van der Waals surface area contributed by atoms with Crippen LogP contribution >= 0.6 is 0 Å². The smallest absolute Gasteiger partial charge is 0.322 e. The van der Waals surface area contributed by atoms with Gasteiger partial charge in [-0.1, -0.05) is 6.07 Å². The first kappa shape index (κ1) is 20.3. The number of hydrogen-bond donors (Lipinski definition) is 2. The summed E-state index contributed by atoms with van der Waals surface area (Å²) in [6.45, 7) is 1.98. The van der Waals surface area contributed by atoms with Crippen LogP contribution < -0.4 is 15.4 Å². The Morgan fingerprint density at radius 2 is 2.19 bits per heavy atom. The van der Waals surface area contributed by atoms with E-state index >= 15 is 0 Å². The molecule has 0 saturated heterocycles. The molecule has 1 aromatic carbocycles. The molecule has 9 nitrogen and oxygen atoms in total. The van der Waals surface area contributed by atoms with Crippen molar-refractivity contribution in [1.29, 1.82) is 0 Å². The van der Waals surface area contributed by atoms with Crippen LogP contribution in [0, 0.1) is 5.82 Å². The van der Waals surface area contributed by atoms with Crippen LogP contribution in [-0.2, 0) is 16.9 Å². The summed E-state index contributed by atoms with van der Waals surface area (Å²) in [7, 11) is 1.52. The summed E-state index contributed by atoms with van der Waals surface area (Å²) < 4.78 is 24.5. The maximum absolute atomic E-state index is 13.6. The summed E-state index contributed by atoms with van der Waals surface area (Å²) in [5.74, 6) is 0.0406. The minimum absolute atomic E-state index is 0.0252. The molecule has 0 saturated carbocycles. The number of rotatable bonds is 6. The molecule has 1 aliphatic rings. The number of nitrogens with zero attached hydrogens (tertiary/aromatic N) is 2. The lowest BCUT2D eigenvalue weighted by atomic mass is 9.97. The van der Waals surface area contributed by atoms with E-state index in [-0.39, 0.29) is 30.3 Å². The fourth-order valence-corrected chi connectivity index (χ4v) is 3.67. The Balaban J connectivity index is 1.68. The highest BCUT2D eigenvalue weighted by atomic mass is 19.1. The molecule has 0 bridgehead atoms. The fraction of sp³-hybridized carbons (Fsp3) is 0.238. The Hall–Kier alpha value is -3.95. The highest BCUT2D eigenvalue weighted by Crippen LogP contribution is 2.32. The van der Waals surface area contributed by atoms with Crippen molar-refractivity contribution in [2.24, 2.45) is 0 Å². The Morgan fingerprint density at radius 1 is 1.39 bits per heavy atom. The van der Waals surface area contributed by atoms with Crippen LogP contribution in [0.15, 0.2) is 40.9 Å². The number of furan rings is 1. The van der Waals surface area contributed by atoms with Crippen LogP contribution in [0.2, 0.25) is 0 Å². The van der Waals surface area contributed by atoms with Crippen molar-refractivity contribution in [2.45, 2.75) is 19.0 Å². The number of halogens is 1. The number of imide groups is 1. The highest BCUT2D eigenvalue weighted by molar-refractivity contribution is 5.99. The van der Waals surface area contributed by atoms with Gasteiger partial charge in [-0.2, -0.15) is 0 Å². The van der Waals surface area contributed by atoms with E-state index < -0.39 is 17.4 Å². The zero-order chi connectivity index (χ0) is 22.2. The first-order chi connectivity index (χ1) is 14.8. The molecule has 0 radical (unpaired) electrons. The summed E-state index contributed by atoms with van der Waals surface area (Å²) in [5, 5.41) is 5.08. The molecular weight excluding hydrogens is 407 g/mol. The largest absolute Gasteiger partial charge is 0.497 e. The van der Waals surface area contributed by atoms with Gasteiger partial charge in [-0.25, -0.2) is 14.2 Å². The molecule has 160 valence electrons. The molecule has 4 rings (SSSR count). The molecule has 1 atom stereocenters. The van der Waals surface area contributed by atoms with E-state index in [9.17, 15) is 18.8 Å². The van der Waals surface area contributed by atoms with E-state index in [2.05, 4.69) is 10.3 Å². The SMILES string of the molecule is COc1ccc2c(c1)C(=O)N(C[C@](C)(NC(=O)NC=O)c1cc3cc(F)cnc3o1)C2. The molecule has 4 amide bonds. The topological polar surface area (TPSA) is 114 Å². The quantitative estimate of drug-likeness (QED) is 0.585. The van der Waals surface area contributed by atoms with Gasteiger partial charge in [-0.3, -0.25) is 14.9 Å². The lowest BCUT2D eigenvalue weighted by Gasteiger charge is -2.32. The minimum atomic E-state index is -1.24. The Kier molecular flexibility index (Phi) is 5.05. The number of carbonyl (C=O) groups is 3. The molecule has 3 aromatic rings. The molecule has 0 aliphatic carbocycles. The van der Waals surface area contributed by atoms with Crippen molar-refractivity contribution >= 4 is 29.4 Å². The molecule has 1 aliphatic heterocycles. The number of methoxy groups -OCH3 is 1. The summed E-state index contributed by atoms with van der Waals surface area (Å²) in [6, 6.07) is 7.26. The lowest BCUT2D eigenvalue weighted by Crippen LogP contribution is -2.53.